The summed E-state index contributed by atoms with van der Waals surface area (Å²) in [6.45, 7) is 4.02. The minimum Gasteiger partial charge on any atom is -0.487 e. The molecule has 0 spiro atoms. The second-order valence-electron chi connectivity index (χ2n) is 7.43. The van der Waals surface area contributed by atoms with E-state index in [1.807, 2.05) is 6.92 Å². The molecule has 0 radical (unpaired) electrons. The van der Waals surface area contributed by atoms with Crippen molar-refractivity contribution in [3.8, 4) is 5.75 Å². The lowest BCUT2D eigenvalue weighted by molar-refractivity contribution is -0.178. The minimum atomic E-state index is -1.64. The van der Waals surface area contributed by atoms with Gasteiger partial charge in [-0.05, 0) is 60.9 Å². The quantitative estimate of drug-likeness (QED) is 0.250. The second-order valence-corrected chi connectivity index (χ2v) is 7.43. The highest BCUT2D eigenvalue weighted by atomic mass is 19.3. The van der Waals surface area contributed by atoms with Gasteiger partial charge in [-0.2, -0.15) is 4.94 Å². The van der Waals surface area contributed by atoms with Crippen LogP contribution in [0.5, 0.6) is 5.75 Å². The molecule has 1 aromatic carbocycles. The number of nitrogens with zero attached hydrogens (tertiary/aromatic N) is 1. The fourth-order valence-corrected chi connectivity index (χ4v) is 3.10. The molecule has 0 heterocycles. The van der Waals surface area contributed by atoms with Crippen molar-refractivity contribution in [2.45, 2.75) is 57.3 Å². The third-order valence-corrected chi connectivity index (χ3v) is 5.06. The maximum absolute atomic E-state index is 11.6. The molecule has 0 bridgehead atoms. The molecule has 0 aliphatic heterocycles. The van der Waals surface area contributed by atoms with Crippen molar-refractivity contribution >= 4 is 11.8 Å². The number of amidine groups is 1. The van der Waals surface area contributed by atoms with Crippen LogP contribution in [-0.2, 0) is 14.6 Å². The zero-order valence-corrected chi connectivity index (χ0v) is 17.7. The molecule has 30 heavy (non-hydrogen) atoms. The van der Waals surface area contributed by atoms with Gasteiger partial charge in [-0.1, -0.05) is 13.3 Å². The van der Waals surface area contributed by atoms with Crippen LogP contribution in [0, 0.1) is 5.92 Å². The number of hydrogen-bond acceptors (Lipinski definition) is 7. The Kier molecular flexibility index (Phi) is 10.7. The van der Waals surface area contributed by atoms with E-state index in [2.05, 4.69) is 9.93 Å². The first-order valence-electron chi connectivity index (χ1n) is 9.80. The molecule has 2 atom stereocenters. The van der Waals surface area contributed by atoms with Crippen molar-refractivity contribution in [2.75, 3.05) is 13.7 Å². The molecule has 1 aromatic rings. The van der Waals surface area contributed by atoms with Crippen LogP contribution < -0.4 is 22.1 Å². The van der Waals surface area contributed by atoms with Gasteiger partial charge < -0.3 is 21.3 Å². The molecule has 1 saturated carbocycles. The van der Waals surface area contributed by atoms with Crippen molar-refractivity contribution in [1.29, 1.82) is 0 Å². The van der Waals surface area contributed by atoms with Crippen LogP contribution in [0.15, 0.2) is 29.3 Å². The highest BCUT2D eigenvalue weighted by Gasteiger charge is 2.44. The number of carboxylic acids is 1. The Balaban J connectivity index is 0.00000141. The van der Waals surface area contributed by atoms with Gasteiger partial charge in [0.15, 0.2) is 0 Å². The fourth-order valence-electron chi connectivity index (χ4n) is 3.10. The number of carbonyl (C=O) groups is 1. The summed E-state index contributed by atoms with van der Waals surface area (Å²) >= 11 is 0. The first kappa shape index (κ1) is 25.8. The fraction of sp³-hybridized carbons (Fsp3) is 0.600. The molecule has 0 saturated heterocycles. The minimum absolute atomic E-state index is 0.299. The average molecular weight is 429 g/mol. The van der Waals surface area contributed by atoms with Crippen LogP contribution in [0.1, 0.15) is 45.1 Å². The molecular formula is C20H33FN4O5. The van der Waals surface area contributed by atoms with Crippen molar-refractivity contribution in [2.24, 2.45) is 28.3 Å². The summed E-state index contributed by atoms with van der Waals surface area (Å²) < 4.78 is 15.7. The monoisotopic (exact) mass is 428 g/mol. The molecule has 0 amide bonds. The van der Waals surface area contributed by atoms with Crippen LogP contribution >= 0.6 is 0 Å². The van der Waals surface area contributed by atoms with Gasteiger partial charge in [-0.25, -0.2) is 10.7 Å². The van der Waals surface area contributed by atoms with Crippen LogP contribution in [-0.4, -0.2) is 48.3 Å². The van der Waals surface area contributed by atoms with Gasteiger partial charge in [0, 0.05) is 18.2 Å². The normalized spacial score (nSPS) is 21.5. The molecule has 1 aliphatic carbocycles. The van der Waals surface area contributed by atoms with Gasteiger partial charge >= 0.3 is 5.97 Å². The lowest BCUT2D eigenvalue weighted by atomic mass is 9.81. The third kappa shape index (κ3) is 7.21. The lowest BCUT2D eigenvalue weighted by Crippen LogP contribution is -2.53. The van der Waals surface area contributed by atoms with Crippen molar-refractivity contribution in [1.82, 2.24) is 0 Å². The zero-order chi connectivity index (χ0) is 22.7. The molecule has 7 N–H and O–H groups in total. The summed E-state index contributed by atoms with van der Waals surface area (Å²) in [6.07, 6.45) is 2.46. The van der Waals surface area contributed by atoms with Crippen molar-refractivity contribution in [3.63, 3.8) is 0 Å². The molecule has 2 unspecified atom stereocenters. The van der Waals surface area contributed by atoms with Crippen LogP contribution in [0.25, 0.3) is 0 Å². The maximum Gasteiger partial charge on any atom is 0.341 e. The van der Waals surface area contributed by atoms with Crippen LogP contribution in [0.3, 0.4) is 0 Å². The van der Waals surface area contributed by atoms with Gasteiger partial charge in [0.1, 0.15) is 17.7 Å². The number of benzene rings is 1. The average Bonchev–Trinajstić information content (AvgIpc) is 2.70. The predicted molar refractivity (Wildman–Crippen MR) is 111 cm³/mol. The van der Waals surface area contributed by atoms with E-state index in [1.54, 1.807) is 24.3 Å². The Hall–Kier alpha value is -2.27. The number of nitrogens with two attached hydrogens (primary N) is 3. The van der Waals surface area contributed by atoms with Crippen LogP contribution in [0.4, 0.5) is 4.53 Å². The van der Waals surface area contributed by atoms with E-state index in [-0.39, 0.29) is 0 Å². The largest absolute Gasteiger partial charge is 0.487 e. The standard InChI is InChI=1S/C19H30N4O4.CH3FO/c1-3-4-16(19(2,27-22)18(24)25)26-15-7-5-13(6-8-15)17(21)23-11-12-9-14(20)10-12;1-3-2/h5-8,12,14,16H,3-4,9-11,20,22H2,1-2H3,(H2,21,23)(H,24,25);1H3. The molecule has 170 valence electrons. The van der Waals surface area contributed by atoms with E-state index in [9.17, 15) is 14.4 Å². The van der Waals surface area contributed by atoms with E-state index in [1.165, 1.54) is 6.92 Å². The predicted octanol–water partition coefficient (Wildman–Crippen LogP) is 1.93. The number of aliphatic carboxylic acids is 1. The molecular weight excluding hydrogens is 395 g/mol. The summed E-state index contributed by atoms with van der Waals surface area (Å²) in [5.74, 6) is 5.56. The second kappa shape index (κ2) is 12.4. The van der Waals surface area contributed by atoms with E-state index in [4.69, 9.17) is 26.9 Å². The smallest absolute Gasteiger partial charge is 0.341 e. The Bertz CT molecular complexity index is 682. The summed E-state index contributed by atoms with van der Waals surface area (Å²) in [5.41, 5.74) is 11.0. The Morgan fingerprint density at radius 2 is 1.93 bits per heavy atom. The first-order chi connectivity index (χ1) is 14.2. The summed E-state index contributed by atoms with van der Waals surface area (Å²) in [7, 11) is 0.958. The zero-order valence-electron chi connectivity index (χ0n) is 17.7. The summed E-state index contributed by atoms with van der Waals surface area (Å²) in [4.78, 5) is 23.5. The van der Waals surface area contributed by atoms with E-state index in [0.717, 1.165) is 31.9 Å². The number of ether oxygens (including phenoxy) is 1. The third-order valence-electron chi connectivity index (χ3n) is 5.06. The molecule has 1 fully saturated rings. The highest BCUT2D eigenvalue weighted by molar-refractivity contribution is 5.97. The number of carboxylic acid groups (broad SMARTS) is 1. The van der Waals surface area contributed by atoms with E-state index in [0.29, 0.717) is 36.5 Å². The molecule has 0 aromatic heterocycles. The maximum atomic E-state index is 11.6. The Labute approximate surface area is 176 Å². The lowest BCUT2D eigenvalue weighted by Gasteiger charge is -2.32. The molecule has 2 rings (SSSR count). The van der Waals surface area contributed by atoms with Crippen LogP contribution in [0.2, 0.25) is 0 Å². The van der Waals surface area contributed by atoms with Gasteiger partial charge in [0.25, 0.3) is 0 Å². The Morgan fingerprint density at radius 3 is 2.37 bits per heavy atom. The molecule has 9 nitrogen and oxygen atoms in total. The number of halogens is 1. The number of hydrogen-bond donors (Lipinski definition) is 4. The van der Waals surface area contributed by atoms with E-state index < -0.39 is 17.7 Å². The topological polar surface area (TPSA) is 155 Å². The van der Waals surface area contributed by atoms with Crippen molar-refractivity contribution < 1.29 is 28.9 Å². The van der Waals surface area contributed by atoms with Crippen molar-refractivity contribution in [3.05, 3.63) is 29.8 Å². The summed E-state index contributed by atoms with van der Waals surface area (Å²) in [6, 6.07) is 7.36. The Morgan fingerprint density at radius 1 is 1.37 bits per heavy atom. The first-order valence-corrected chi connectivity index (χ1v) is 9.80. The summed E-state index contributed by atoms with van der Waals surface area (Å²) in [5, 5.41) is 9.44. The number of rotatable bonds is 10. The van der Waals surface area contributed by atoms with Gasteiger partial charge in [0.2, 0.25) is 5.60 Å². The SMILES string of the molecule is CCCC(Oc1ccc(C(N)=NCC2CC(N)C2)cc1)C(C)(ON)C(=O)O.COF. The van der Waals surface area contributed by atoms with Gasteiger partial charge in [-0.3, -0.25) is 9.83 Å². The van der Waals surface area contributed by atoms with Gasteiger partial charge in [0.05, 0.1) is 7.11 Å². The highest BCUT2D eigenvalue weighted by Crippen LogP contribution is 2.26. The number of aliphatic imine (C=N–C) groups is 1. The molecule has 10 heteroatoms. The molecule has 1 aliphatic rings. The van der Waals surface area contributed by atoms with Gasteiger partial charge in [-0.15, -0.1) is 0 Å². The van der Waals surface area contributed by atoms with E-state index >= 15 is 0 Å².